The highest BCUT2D eigenvalue weighted by atomic mass is 16.5. The molecule has 1 rings (SSSR count). The molecule has 0 unspecified atom stereocenters. The van der Waals surface area contributed by atoms with Crippen molar-refractivity contribution in [2.75, 3.05) is 0 Å². The second-order valence-corrected chi connectivity index (χ2v) is 4.03. The van der Waals surface area contributed by atoms with Crippen molar-refractivity contribution in [3.05, 3.63) is 29.8 Å². The Labute approximate surface area is 84.0 Å². The number of benzene rings is 1. The largest absolute Gasteiger partial charge is 0.488 e. The van der Waals surface area contributed by atoms with Crippen LogP contribution in [0.25, 0.3) is 0 Å². The molecule has 76 valence electrons. The van der Waals surface area contributed by atoms with Crippen LogP contribution in [0.4, 0.5) is 0 Å². The van der Waals surface area contributed by atoms with E-state index >= 15 is 0 Å². The summed E-state index contributed by atoms with van der Waals surface area (Å²) in [7, 11) is 0. The quantitative estimate of drug-likeness (QED) is 0.445. The molecule has 0 aliphatic heterocycles. The van der Waals surface area contributed by atoms with E-state index in [2.05, 4.69) is 5.16 Å². The fourth-order valence-corrected chi connectivity index (χ4v) is 1.04. The van der Waals surface area contributed by atoms with Crippen LogP contribution in [0.2, 0.25) is 0 Å². The minimum atomic E-state index is -0.188. The average molecular weight is 193 g/mol. The summed E-state index contributed by atoms with van der Waals surface area (Å²) in [4.78, 5) is 0. The van der Waals surface area contributed by atoms with Crippen molar-refractivity contribution in [1.29, 1.82) is 0 Å². The second-order valence-electron chi connectivity index (χ2n) is 4.03. The number of nitrogens with zero attached hydrogens (tertiary/aromatic N) is 1. The molecule has 0 fully saturated rings. The lowest BCUT2D eigenvalue weighted by Crippen LogP contribution is -2.22. The molecule has 3 heteroatoms. The Morgan fingerprint density at radius 3 is 2.21 bits per heavy atom. The van der Waals surface area contributed by atoms with Crippen LogP contribution in [0, 0.1) is 0 Å². The summed E-state index contributed by atoms with van der Waals surface area (Å²) in [5.41, 5.74) is 0.654. The van der Waals surface area contributed by atoms with E-state index in [9.17, 15) is 0 Å². The molecule has 1 aromatic carbocycles. The molecular formula is C11H15NO2. The molecule has 3 nitrogen and oxygen atoms in total. The van der Waals surface area contributed by atoms with Crippen molar-refractivity contribution in [2.24, 2.45) is 5.16 Å². The minimum Gasteiger partial charge on any atom is -0.488 e. The van der Waals surface area contributed by atoms with Crippen molar-refractivity contribution >= 4 is 6.21 Å². The van der Waals surface area contributed by atoms with E-state index < -0.39 is 0 Å². The van der Waals surface area contributed by atoms with Crippen molar-refractivity contribution in [3.8, 4) is 5.75 Å². The van der Waals surface area contributed by atoms with Gasteiger partial charge in [0.2, 0.25) is 0 Å². The van der Waals surface area contributed by atoms with Gasteiger partial charge in [0.15, 0.2) is 0 Å². The van der Waals surface area contributed by atoms with Gasteiger partial charge in [-0.2, -0.15) is 0 Å². The Morgan fingerprint density at radius 1 is 1.21 bits per heavy atom. The van der Waals surface area contributed by atoms with Gasteiger partial charge in [-0.15, -0.1) is 0 Å². The first kappa shape index (κ1) is 10.6. The SMILES string of the molecule is CC(C)(C)Oc1ccc(/C=N/O)cc1. The predicted octanol–water partition coefficient (Wildman–Crippen LogP) is 2.67. The van der Waals surface area contributed by atoms with Crippen molar-refractivity contribution in [2.45, 2.75) is 26.4 Å². The lowest BCUT2D eigenvalue weighted by atomic mass is 10.2. The number of hydrogen-bond donors (Lipinski definition) is 1. The summed E-state index contributed by atoms with van der Waals surface area (Å²) in [5, 5.41) is 11.3. The molecule has 0 aliphatic rings. The monoisotopic (exact) mass is 193 g/mol. The molecule has 0 aliphatic carbocycles. The van der Waals surface area contributed by atoms with Crippen molar-refractivity contribution < 1.29 is 9.94 Å². The maximum Gasteiger partial charge on any atom is 0.120 e. The molecule has 0 saturated heterocycles. The van der Waals surface area contributed by atoms with E-state index in [0.29, 0.717) is 0 Å². The number of rotatable bonds is 2. The van der Waals surface area contributed by atoms with Crippen LogP contribution in [0.1, 0.15) is 26.3 Å². The van der Waals surface area contributed by atoms with Gasteiger partial charge in [0.1, 0.15) is 11.4 Å². The van der Waals surface area contributed by atoms with Gasteiger partial charge in [-0.3, -0.25) is 0 Å². The van der Waals surface area contributed by atoms with E-state index in [1.807, 2.05) is 45.0 Å². The molecule has 0 radical (unpaired) electrons. The van der Waals surface area contributed by atoms with Crippen LogP contribution in [0.5, 0.6) is 5.75 Å². The van der Waals surface area contributed by atoms with Gasteiger partial charge in [0.25, 0.3) is 0 Å². The summed E-state index contributed by atoms with van der Waals surface area (Å²) in [6.07, 6.45) is 1.38. The van der Waals surface area contributed by atoms with E-state index in [1.165, 1.54) is 6.21 Å². The fraction of sp³-hybridized carbons (Fsp3) is 0.364. The molecule has 0 heterocycles. The molecule has 14 heavy (non-hydrogen) atoms. The summed E-state index contributed by atoms with van der Waals surface area (Å²) < 4.78 is 5.63. The smallest absolute Gasteiger partial charge is 0.120 e. The molecule has 1 aromatic rings. The van der Waals surface area contributed by atoms with Gasteiger partial charge in [-0.1, -0.05) is 5.16 Å². The first-order valence-electron chi connectivity index (χ1n) is 4.48. The molecule has 0 amide bonds. The Balaban J connectivity index is 2.74. The van der Waals surface area contributed by atoms with E-state index in [0.717, 1.165) is 11.3 Å². The molecule has 0 bridgehead atoms. The Kier molecular flexibility index (Phi) is 3.12. The van der Waals surface area contributed by atoms with Crippen LogP contribution in [0.3, 0.4) is 0 Å². The third-order valence-electron chi connectivity index (χ3n) is 1.51. The van der Waals surface area contributed by atoms with E-state index in [-0.39, 0.29) is 5.60 Å². The first-order chi connectivity index (χ1) is 6.51. The number of ether oxygens (including phenoxy) is 1. The van der Waals surface area contributed by atoms with Crippen molar-refractivity contribution in [3.63, 3.8) is 0 Å². The highest BCUT2D eigenvalue weighted by Gasteiger charge is 2.10. The highest BCUT2D eigenvalue weighted by molar-refractivity contribution is 5.79. The topological polar surface area (TPSA) is 41.8 Å². The first-order valence-corrected chi connectivity index (χ1v) is 4.48. The van der Waals surface area contributed by atoms with Crippen LogP contribution in [0.15, 0.2) is 29.4 Å². The van der Waals surface area contributed by atoms with Gasteiger partial charge in [-0.05, 0) is 50.6 Å². The standard InChI is InChI=1S/C11H15NO2/c1-11(2,3)14-10-6-4-9(5-7-10)8-12-13/h4-8,13H,1-3H3/b12-8+. The highest BCUT2D eigenvalue weighted by Crippen LogP contribution is 2.17. The molecule has 1 N–H and O–H groups in total. The van der Waals surface area contributed by atoms with Crippen LogP contribution >= 0.6 is 0 Å². The van der Waals surface area contributed by atoms with Crippen molar-refractivity contribution in [1.82, 2.24) is 0 Å². The van der Waals surface area contributed by atoms with Gasteiger partial charge < -0.3 is 9.94 Å². The molecule has 0 atom stereocenters. The zero-order valence-electron chi connectivity index (χ0n) is 8.69. The predicted molar refractivity (Wildman–Crippen MR) is 56.2 cm³/mol. The zero-order chi connectivity index (χ0) is 10.6. The average Bonchev–Trinajstić information content (AvgIpc) is 2.06. The lowest BCUT2D eigenvalue weighted by molar-refractivity contribution is 0.131. The normalized spacial score (nSPS) is 11.9. The van der Waals surface area contributed by atoms with Gasteiger partial charge in [-0.25, -0.2) is 0 Å². The molecular weight excluding hydrogens is 178 g/mol. The molecule has 0 saturated carbocycles. The number of hydrogen-bond acceptors (Lipinski definition) is 3. The minimum absolute atomic E-state index is 0.188. The van der Waals surface area contributed by atoms with Gasteiger partial charge >= 0.3 is 0 Å². The summed E-state index contributed by atoms with van der Waals surface area (Å²) in [6.45, 7) is 5.99. The third kappa shape index (κ3) is 3.47. The summed E-state index contributed by atoms with van der Waals surface area (Å²) in [6, 6.07) is 7.37. The maximum atomic E-state index is 8.31. The Morgan fingerprint density at radius 2 is 1.79 bits per heavy atom. The Bertz CT molecular complexity index is 309. The van der Waals surface area contributed by atoms with E-state index in [1.54, 1.807) is 0 Å². The lowest BCUT2D eigenvalue weighted by Gasteiger charge is -2.21. The fourth-order valence-electron chi connectivity index (χ4n) is 1.04. The third-order valence-corrected chi connectivity index (χ3v) is 1.51. The Hall–Kier alpha value is -1.51. The van der Waals surface area contributed by atoms with Crippen LogP contribution in [-0.4, -0.2) is 17.0 Å². The van der Waals surface area contributed by atoms with Crippen LogP contribution in [-0.2, 0) is 0 Å². The summed E-state index contributed by atoms with van der Waals surface area (Å²) in [5.74, 6) is 0.813. The molecule has 0 spiro atoms. The molecule has 0 aromatic heterocycles. The number of oxime groups is 1. The second kappa shape index (κ2) is 4.13. The van der Waals surface area contributed by atoms with Crippen LogP contribution < -0.4 is 4.74 Å². The van der Waals surface area contributed by atoms with E-state index in [4.69, 9.17) is 9.94 Å². The maximum absolute atomic E-state index is 8.31. The van der Waals surface area contributed by atoms with Gasteiger partial charge in [0, 0.05) is 0 Å². The summed E-state index contributed by atoms with van der Waals surface area (Å²) >= 11 is 0. The zero-order valence-corrected chi connectivity index (χ0v) is 8.69. The van der Waals surface area contributed by atoms with Gasteiger partial charge in [0.05, 0.1) is 6.21 Å².